The highest BCUT2D eigenvalue weighted by molar-refractivity contribution is 9.10. The van der Waals surface area contributed by atoms with Crippen molar-refractivity contribution in [2.24, 2.45) is 0 Å². The molecule has 1 heteroatoms. The van der Waals surface area contributed by atoms with Crippen molar-refractivity contribution >= 4 is 15.9 Å². The van der Waals surface area contributed by atoms with Gasteiger partial charge in [0.05, 0.1) is 0 Å². The molecule has 0 aliphatic carbocycles. The van der Waals surface area contributed by atoms with E-state index in [2.05, 4.69) is 47.1 Å². The highest BCUT2D eigenvalue weighted by Crippen LogP contribution is 2.13. The zero-order chi connectivity index (χ0) is 10.2. The van der Waals surface area contributed by atoms with Crippen LogP contribution in [0.1, 0.15) is 37.7 Å². The maximum absolute atomic E-state index is 3.85. The molecule has 1 radical (unpaired) electrons. The van der Waals surface area contributed by atoms with Crippen molar-refractivity contribution < 1.29 is 0 Å². The maximum atomic E-state index is 3.85. The van der Waals surface area contributed by atoms with Crippen LogP contribution in [0.3, 0.4) is 0 Å². The zero-order valence-corrected chi connectivity index (χ0v) is 10.2. The van der Waals surface area contributed by atoms with Crippen LogP contribution in [0, 0.1) is 6.92 Å². The lowest BCUT2D eigenvalue weighted by molar-refractivity contribution is 0.645. The van der Waals surface area contributed by atoms with E-state index >= 15 is 0 Å². The van der Waals surface area contributed by atoms with Crippen molar-refractivity contribution in [1.29, 1.82) is 0 Å². The van der Waals surface area contributed by atoms with Gasteiger partial charge in [-0.3, -0.25) is 0 Å². The molecule has 0 aliphatic rings. The lowest BCUT2D eigenvalue weighted by atomic mass is 10.1. The third kappa shape index (κ3) is 4.80. The van der Waals surface area contributed by atoms with Crippen LogP contribution >= 0.6 is 15.9 Å². The van der Waals surface area contributed by atoms with Crippen LogP contribution in [0.15, 0.2) is 28.7 Å². The number of unbranched alkanes of at least 4 members (excludes halogenated alkanes) is 4. The fourth-order valence-electron chi connectivity index (χ4n) is 1.51. The normalized spacial score (nSPS) is 10.4. The summed E-state index contributed by atoms with van der Waals surface area (Å²) in [7, 11) is 0. The van der Waals surface area contributed by atoms with E-state index in [-0.39, 0.29) is 0 Å². The van der Waals surface area contributed by atoms with E-state index in [4.69, 9.17) is 0 Å². The van der Waals surface area contributed by atoms with Crippen LogP contribution in [-0.4, -0.2) is 0 Å². The Morgan fingerprint density at radius 1 is 0.929 bits per heavy atom. The molecule has 0 saturated carbocycles. The summed E-state index contributed by atoms with van der Waals surface area (Å²) in [4.78, 5) is 0. The van der Waals surface area contributed by atoms with Gasteiger partial charge in [-0.05, 0) is 30.5 Å². The van der Waals surface area contributed by atoms with E-state index in [0.29, 0.717) is 0 Å². The number of rotatable bonds is 6. The molecule has 0 heterocycles. The van der Waals surface area contributed by atoms with Gasteiger partial charge in [0.25, 0.3) is 0 Å². The summed E-state index contributed by atoms with van der Waals surface area (Å²) in [6.07, 6.45) is 7.55. The number of hydrogen-bond acceptors (Lipinski definition) is 0. The first-order chi connectivity index (χ1) is 6.83. The van der Waals surface area contributed by atoms with Crippen LogP contribution in [0.4, 0.5) is 0 Å². The predicted octanol–water partition coefficient (Wildman–Crippen LogP) is 4.78. The van der Waals surface area contributed by atoms with Crippen molar-refractivity contribution in [1.82, 2.24) is 0 Å². The molecule has 0 aliphatic heterocycles. The van der Waals surface area contributed by atoms with Gasteiger partial charge in [0, 0.05) is 4.47 Å². The minimum absolute atomic E-state index is 1.08. The van der Waals surface area contributed by atoms with Gasteiger partial charge in [-0.2, -0.15) is 0 Å². The second-order valence-electron chi connectivity index (χ2n) is 3.64. The Kier molecular flexibility index (Phi) is 5.93. The molecule has 0 unspecified atom stereocenters. The standard InChI is InChI=1S/C13H18Br/c1-2-3-4-5-6-7-12-8-10-13(14)11-9-12/h8-11H,1-7H2. The predicted molar refractivity (Wildman–Crippen MR) is 66.3 cm³/mol. The second-order valence-corrected chi connectivity index (χ2v) is 4.56. The van der Waals surface area contributed by atoms with E-state index in [1.165, 1.54) is 42.1 Å². The highest BCUT2D eigenvalue weighted by Gasteiger charge is 1.93. The van der Waals surface area contributed by atoms with Crippen LogP contribution in [0.25, 0.3) is 0 Å². The molecule has 1 aromatic rings. The average Bonchev–Trinajstić information content (AvgIpc) is 2.21. The maximum Gasteiger partial charge on any atom is 0.0175 e. The molecule has 0 saturated heterocycles. The quantitative estimate of drug-likeness (QED) is 0.641. The van der Waals surface area contributed by atoms with Crippen molar-refractivity contribution in [2.45, 2.75) is 38.5 Å². The SMILES string of the molecule is [CH2]CCCCCCc1ccc(Br)cc1. The van der Waals surface area contributed by atoms with Gasteiger partial charge in [0.15, 0.2) is 0 Å². The molecule has 0 amide bonds. The van der Waals surface area contributed by atoms with Gasteiger partial charge in [-0.15, -0.1) is 0 Å². The average molecular weight is 254 g/mol. The Morgan fingerprint density at radius 2 is 1.57 bits per heavy atom. The summed E-state index contributed by atoms with van der Waals surface area (Å²) < 4.78 is 1.17. The molecule has 14 heavy (non-hydrogen) atoms. The third-order valence-electron chi connectivity index (χ3n) is 2.38. The second kappa shape index (κ2) is 7.05. The summed E-state index contributed by atoms with van der Waals surface area (Å²) in [6, 6.07) is 8.63. The van der Waals surface area contributed by atoms with Crippen molar-refractivity contribution in [3.63, 3.8) is 0 Å². The summed E-state index contributed by atoms with van der Waals surface area (Å²) in [5, 5.41) is 0. The van der Waals surface area contributed by atoms with Gasteiger partial charge in [-0.1, -0.05) is 60.7 Å². The lowest BCUT2D eigenvalue weighted by Crippen LogP contribution is -1.85. The van der Waals surface area contributed by atoms with Crippen molar-refractivity contribution in [3.8, 4) is 0 Å². The number of benzene rings is 1. The largest absolute Gasteiger partial charge is 0.0579 e. The Balaban J connectivity index is 2.15. The van der Waals surface area contributed by atoms with Gasteiger partial charge in [0.2, 0.25) is 0 Å². The molecule has 1 aromatic carbocycles. The minimum atomic E-state index is 1.08. The molecule has 0 bridgehead atoms. The molecule has 0 atom stereocenters. The van der Waals surface area contributed by atoms with Crippen LogP contribution in [0.5, 0.6) is 0 Å². The zero-order valence-electron chi connectivity index (χ0n) is 8.64. The molecular weight excluding hydrogens is 236 g/mol. The first-order valence-corrected chi connectivity index (χ1v) is 6.16. The number of aryl methyl sites for hydroxylation is 1. The van der Waals surface area contributed by atoms with Crippen LogP contribution in [-0.2, 0) is 6.42 Å². The van der Waals surface area contributed by atoms with Gasteiger partial charge in [-0.25, -0.2) is 0 Å². The molecule has 77 valence electrons. The van der Waals surface area contributed by atoms with Gasteiger partial charge in [0.1, 0.15) is 0 Å². The summed E-state index contributed by atoms with van der Waals surface area (Å²) in [6.45, 7) is 3.85. The molecule has 0 N–H and O–H groups in total. The van der Waals surface area contributed by atoms with E-state index in [1.807, 2.05) is 0 Å². The lowest BCUT2D eigenvalue weighted by Gasteiger charge is -2.01. The van der Waals surface area contributed by atoms with Crippen molar-refractivity contribution in [3.05, 3.63) is 41.2 Å². The summed E-state index contributed by atoms with van der Waals surface area (Å²) in [5.41, 5.74) is 1.45. The van der Waals surface area contributed by atoms with Gasteiger partial charge >= 0.3 is 0 Å². The molecule has 0 nitrogen and oxygen atoms in total. The van der Waals surface area contributed by atoms with E-state index < -0.39 is 0 Å². The molecule has 0 aromatic heterocycles. The third-order valence-corrected chi connectivity index (χ3v) is 2.91. The first kappa shape index (κ1) is 11.8. The minimum Gasteiger partial charge on any atom is -0.0579 e. The fraction of sp³-hybridized carbons (Fsp3) is 0.462. The summed E-state index contributed by atoms with van der Waals surface area (Å²) in [5.74, 6) is 0. The number of halogens is 1. The Bertz CT molecular complexity index is 238. The summed E-state index contributed by atoms with van der Waals surface area (Å²) >= 11 is 3.44. The molecular formula is C13H18Br. The molecule has 0 fully saturated rings. The first-order valence-electron chi connectivity index (χ1n) is 5.36. The Morgan fingerprint density at radius 3 is 2.21 bits per heavy atom. The topological polar surface area (TPSA) is 0 Å². The van der Waals surface area contributed by atoms with Gasteiger partial charge < -0.3 is 0 Å². The Hall–Kier alpha value is -0.300. The molecule has 0 spiro atoms. The van der Waals surface area contributed by atoms with Crippen LogP contribution in [0.2, 0.25) is 0 Å². The van der Waals surface area contributed by atoms with Crippen molar-refractivity contribution in [2.75, 3.05) is 0 Å². The molecule has 1 rings (SSSR count). The highest BCUT2D eigenvalue weighted by atomic mass is 79.9. The van der Waals surface area contributed by atoms with Crippen LogP contribution < -0.4 is 0 Å². The fourth-order valence-corrected chi connectivity index (χ4v) is 1.77. The van der Waals surface area contributed by atoms with E-state index in [0.717, 1.165) is 6.42 Å². The smallest absolute Gasteiger partial charge is 0.0175 e. The Labute approximate surface area is 95.9 Å². The number of hydrogen-bond donors (Lipinski definition) is 0. The van der Waals surface area contributed by atoms with E-state index in [9.17, 15) is 0 Å². The van der Waals surface area contributed by atoms with E-state index in [1.54, 1.807) is 0 Å². The monoisotopic (exact) mass is 253 g/mol.